The maximum absolute atomic E-state index is 5.73. The zero-order valence-corrected chi connectivity index (χ0v) is 11.0. The highest BCUT2D eigenvalue weighted by molar-refractivity contribution is 5.20. The van der Waals surface area contributed by atoms with Crippen LogP contribution >= 0.6 is 0 Å². The van der Waals surface area contributed by atoms with E-state index in [1.54, 1.807) is 0 Å². The van der Waals surface area contributed by atoms with Crippen LogP contribution in [0.3, 0.4) is 0 Å². The number of nitrogens with one attached hydrogen (secondary N) is 1. The average molecular weight is 250 g/mol. The minimum absolute atomic E-state index is 0.461. The number of benzene rings is 1. The summed E-state index contributed by atoms with van der Waals surface area (Å²) in [5.41, 5.74) is 0. The van der Waals surface area contributed by atoms with Gasteiger partial charge in [0.25, 0.3) is 0 Å². The first kappa shape index (κ1) is 13.3. The van der Waals surface area contributed by atoms with E-state index in [0.717, 1.165) is 45.2 Å². The Morgan fingerprint density at radius 3 is 3.00 bits per heavy atom. The molecule has 0 aromatic heterocycles. The zero-order chi connectivity index (χ0) is 12.6. The molecule has 0 bridgehead atoms. The number of likely N-dealkylation sites (N-methyl/N-ethyl adjacent to an activating group) is 1. The molecule has 0 amide bonds. The van der Waals surface area contributed by atoms with Gasteiger partial charge in [-0.15, -0.1) is 0 Å². The second kappa shape index (κ2) is 7.36. The minimum atomic E-state index is 0.461. The number of para-hydroxylation sites is 1. The monoisotopic (exact) mass is 250 g/mol. The molecule has 2 rings (SSSR count). The lowest BCUT2D eigenvalue weighted by molar-refractivity contribution is -0.0109. The van der Waals surface area contributed by atoms with Gasteiger partial charge in [-0.2, -0.15) is 0 Å². The van der Waals surface area contributed by atoms with Crippen LogP contribution in [-0.2, 0) is 4.74 Å². The number of rotatable bonds is 6. The Balaban J connectivity index is 1.74. The highest BCUT2D eigenvalue weighted by Gasteiger charge is 2.21. The van der Waals surface area contributed by atoms with Crippen LogP contribution in [0, 0.1) is 0 Å². The van der Waals surface area contributed by atoms with Crippen LogP contribution in [0.4, 0.5) is 0 Å². The summed E-state index contributed by atoms with van der Waals surface area (Å²) < 4.78 is 11.2. The molecule has 18 heavy (non-hydrogen) atoms. The summed E-state index contributed by atoms with van der Waals surface area (Å²) in [6.07, 6.45) is 0. The molecule has 0 spiro atoms. The number of hydrogen-bond donors (Lipinski definition) is 1. The number of hydrogen-bond acceptors (Lipinski definition) is 4. The van der Waals surface area contributed by atoms with Gasteiger partial charge in [0.05, 0.1) is 13.2 Å². The summed E-state index contributed by atoms with van der Waals surface area (Å²) in [5, 5.41) is 3.21. The van der Waals surface area contributed by atoms with E-state index >= 15 is 0 Å². The molecule has 1 saturated heterocycles. The lowest BCUT2D eigenvalue weighted by atomic mass is 10.2. The molecule has 1 atom stereocenters. The van der Waals surface area contributed by atoms with E-state index < -0.39 is 0 Å². The van der Waals surface area contributed by atoms with Gasteiger partial charge in [-0.05, 0) is 19.2 Å². The van der Waals surface area contributed by atoms with E-state index in [2.05, 4.69) is 10.2 Å². The molecule has 1 aromatic carbocycles. The van der Waals surface area contributed by atoms with Crippen LogP contribution in [0.2, 0.25) is 0 Å². The van der Waals surface area contributed by atoms with E-state index in [0.29, 0.717) is 6.04 Å². The van der Waals surface area contributed by atoms with Gasteiger partial charge < -0.3 is 14.8 Å². The molecule has 1 unspecified atom stereocenters. The molecular formula is C14H22N2O2. The van der Waals surface area contributed by atoms with Crippen LogP contribution < -0.4 is 10.1 Å². The van der Waals surface area contributed by atoms with E-state index in [9.17, 15) is 0 Å². The lowest BCUT2D eigenvalue weighted by Gasteiger charge is -2.35. The fourth-order valence-electron chi connectivity index (χ4n) is 2.20. The van der Waals surface area contributed by atoms with Crippen LogP contribution in [0.1, 0.15) is 0 Å². The third-order valence-corrected chi connectivity index (χ3v) is 3.18. The van der Waals surface area contributed by atoms with Crippen LogP contribution in [-0.4, -0.2) is 57.4 Å². The Morgan fingerprint density at radius 1 is 1.39 bits per heavy atom. The smallest absolute Gasteiger partial charge is 0.119 e. The van der Waals surface area contributed by atoms with E-state index in [-0.39, 0.29) is 0 Å². The van der Waals surface area contributed by atoms with E-state index in [1.807, 2.05) is 37.4 Å². The Bertz CT molecular complexity index is 330. The van der Waals surface area contributed by atoms with Gasteiger partial charge in [-0.3, -0.25) is 4.90 Å². The van der Waals surface area contributed by atoms with Crippen molar-refractivity contribution in [1.82, 2.24) is 10.2 Å². The van der Waals surface area contributed by atoms with Crippen molar-refractivity contribution >= 4 is 0 Å². The summed E-state index contributed by atoms with van der Waals surface area (Å²) >= 11 is 0. The standard InChI is InChI=1S/C14H22N2O2/c1-15-11-13-12-17-9-7-16(13)8-10-18-14-5-3-2-4-6-14/h2-6,13,15H,7-12H2,1H3. The van der Waals surface area contributed by atoms with E-state index in [4.69, 9.17) is 9.47 Å². The third-order valence-electron chi connectivity index (χ3n) is 3.18. The molecule has 0 saturated carbocycles. The Kier molecular flexibility index (Phi) is 5.45. The molecule has 4 nitrogen and oxygen atoms in total. The fourth-order valence-corrected chi connectivity index (χ4v) is 2.20. The van der Waals surface area contributed by atoms with Crippen molar-refractivity contribution in [2.75, 3.05) is 46.5 Å². The van der Waals surface area contributed by atoms with Crippen molar-refractivity contribution in [2.45, 2.75) is 6.04 Å². The fraction of sp³-hybridized carbons (Fsp3) is 0.571. The number of nitrogens with zero attached hydrogens (tertiary/aromatic N) is 1. The van der Waals surface area contributed by atoms with Crippen molar-refractivity contribution in [3.05, 3.63) is 30.3 Å². The number of morpholine rings is 1. The van der Waals surface area contributed by atoms with Gasteiger partial charge in [0, 0.05) is 25.7 Å². The summed E-state index contributed by atoms with van der Waals surface area (Å²) in [7, 11) is 1.98. The molecule has 1 N–H and O–H groups in total. The molecule has 1 fully saturated rings. The Labute approximate surface area is 109 Å². The molecule has 0 aliphatic carbocycles. The largest absolute Gasteiger partial charge is 0.492 e. The molecule has 1 aliphatic rings. The summed E-state index contributed by atoms with van der Waals surface area (Å²) in [5.74, 6) is 0.941. The van der Waals surface area contributed by atoms with Gasteiger partial charge in [-0.25, -0.2) is 0 Å². The van der Waals surface area contributed by atoms with Crippen LogP contribution in [0.15, 0.2) is 30.3 Å². The van der Waals surface area contributed by atoms with Crippen molar-refractivity contribution in [3.63, 3.8) is 0 Å². The SMILES string of the molecule is CNCC1COCCN1CCOc1ccccc1. The van der Waals surface area contributed by atoms with Gasteiger partial charge >= 0.3 is 0 Å². The maximum atomic E-state index is 5.73. The topological polar surface area (TPSA) is 33.7 Å². The maximum Gasteiger partial charge on any atom is 0.119 e. The van der Waals surface area contributed by atoms with Gasteiger partial charge in [-0.1, -0.05) is 18.2 Å². The van der Waals surface area contributed by atoms with Crippen LogP contribution in [0.25, 0.3) is 0 Å². The molecule has 0 radical (unpaired) electrons. The summed E-state index contributed by atoms with van der Waals surface area (Å²) in [6, 6.07) is 10.4. The molecule has 1 aromatic rings. The predicted molar refractivity (Wildman–Crippen MR) is 72.0 cm³/mol. The lowest BCUT2D eigenvalue weighted by Crippen LogP contribution is -2.51. The molecule has 1 heterocycles. The number of ether oxygens (including phenoxy) is 2. The molecular weight excluding hydrogens is 228 g/mol. The second-order valence-electron chi connectivity index (χ2n) is 4.48. The van der Waals surface area contributed by atoms with Crippen molar-refractivity contribution in [3.8, 4) is 5.75 Å². The van der Waals surface area contributed by atoms with Gasteiger partial charge in [0.2, 0.25) is 0 Å². The first-order valence-electron chi connectivity index (χ1n) is 6.54. The summed E-state index contributed by atoms with van der Waals surface area (Å²) in [6.45, 7) is 5.27. The quantitative estimate of drug-likeness (QED) is 0.816. The van der Waals surface area contributed by atoms with E-state index in [1.165, 1.54) is 0 Å². The predicted octanol–water partition coefficient (Wildman–Crippen LogP) is 0.986. The zero-order valence-electron chi connectivity index (χ0n) is 11.0. The Morgan fingerprint density at radius 2 is 2.22 bits per heavy atom. The molecule has 1 aliphatic heterocycles. The minimum Gasteiger partial charge on any atom is -0.492 e. The normalized spacial score (nSPS) is 20.8. The Hall–Kier alpha value is -1.10. The van der Waals surface area contributed by atoms with Crippen LogP contribution in [0.5, 0.6) is 5.75 Å². The third kappa shape index (κ3) is 3.98. The first-order valence-corrected chi connectivity index (χ1v) is 6.54. The van der Waals surface area contributed by atoms with Gasteiger partial charge in [0.15, 0.2) is 0 Å². The highest BCUT2D eigenvalue weighted by atomic mass is 16.5. The second-order valence-corrected chi connectivity index (χ2v) is 4.48. The van der Waals surface area contributed by atoms with Crippen molar-refractivity contribution in [1.29, 1.82) is 0 Å². The molecule has 100 valence electrons. The van der Waals surface area contributed by atoms with Crippen molar-refractivity contribution in [2.24, 2.45) is 0 Å². The molecule has 4 heteroatoms. The average Bonchev–Trinajstić information content (AvgIpc) is 2.42. The van der Waals surface area contributed by atoms with Gasteiger partial charge in [0.1, 0.15) is 12.4 Å². The summed E-state index contributed by atoms with van der Waals surface area (Å²) in [4.78, 5) is 2.43. The highest BCUT2D eigenvalue weighted by Crippen LogP contribution is 2.10. The van der Waals surface area contributed by atoms with Crippen molar-refractivity contribution < 1.29 is 9.47 Å². The first-order chi connectivity index (χ1) is 8.90.